The number of para-hydroxylation sites is 1. The summed E-state index contributed by atoms with van der Waals surface area (Å²) in [4.78, 5) is 12.3. The molecule has 156 valence electrons. The zero-order valence-electron chi connectivity index (χ0n) is 17.4. The van der Waals surface area contributed by atoms with Crippen LogP contribution in [0, 0.1) is 0 Å². The average molecular weight is 441 g/mol. The molecule has 5 nitrogen and oxygen atoms in total. The van der Waals surface area contributed by atoms with Gasteiger partial charge in [-0.3, -0.25) is 9.36 Å². The van der Waals surface area contributed by atoms with Crippen LogP contribution in [0.15, 0.2) is 66.3 Å². The highest BCUT2D eigenvalue weighted by atomic mass is 35.5. The van der Waals surface area contributed by atoms with E-state index >= 15 is 0 Å². The highest BCUT2D eigenvalue weighted by Crippen LogP contribution is 2.28. The number of nitrogens with zero attached hydrogens (tertiary/aromatic N) is 3. The first-order chi connectivity index (χ1) is 14.3. The molecule has 0 aliphatic carbocycles. The largest absolute Gasteiger partial charge is 0.324 e. The minimum Gasteiger partial charge on any atom is -0.324 e. The predicted octanol–water partition coefficient (Wildman–Crippen LogP) is 5.81. The van der Waals surface area contributed by atoms with Crippen LogP contribution >= 0.6 is 23.4 Å². The molecule has 1 heterocycles. The van der Waals surface area contributed by atoms with Gasteiger partial charge >= 0.3 is 0 Å². The number of benzene rings is 2. The number of thioether (sulfide) groups is 1. The van der Waals surface area contributed by atoms with Gasteiger partial charge in [-0.2, -0.15) is 0 Å². The monoisotopic (exact) mass is 440 g/mol. The lowest BCUT2D eigenvalue weighted by molar-refractivity contribution is -0.113. The number of halogens is 1. The van der Waals surface area contributed by atoms with Crippen LogP contribution in [0.2, 0.25) is 5.02 Å². The number of amides is 1. The van der Waals surface area contributed by atoms with E-state index in [2.05, 4.69) is 67.1 Å². The molecule has 1 aromatic heterocycles. The van der Waals surface area contributed by atoms with E-state index in [0.717, 1.165) is 11.4 Å². The van der Waals surface area contributed by atoms with Crippen LogP contribution in [0.3, 0.4) is 0 Å². The van der Waals surface area contributed by atoms with Gasteiger partial charge in [-0.1, -0.05) is 86.6 Å². The fourth-order valence-electron chi connectivity index (χ4n) is 2.90. The van der Waals surface area contributed by atoms with Crippen molar-refractivity contribution in [3.8, 4) is 11.4 Å². The molecule has 3 aromatic rings. The molecule has 0 saturated heterocycles. The zero-order chi connectivity index (χ0) is 21.7. The maximum atomic E-state index is 12.3. The first-order valence-electron chi connectivity index (χ1n) is 9.62. The van der Waals surface area contributed by atoms with Crippen molar-refractivity contribution in [2.24, 2.45) is 0 Å². The molecule has 2 aromatic carbocycles. The summed E-state index contributed by atoms with van der Waals surface area (Å²) >= 11 is 7.43. The molecule has 0 fully saturated rings. The van der Waals surface area contributed by atoms with Crippen molar-refractivity contribution in [3.05, 3.63) is 71.8 Å². The number of allylic oxidation sites excluding steroid dienone is 1. The van der Waals surface area contributed by atoms with E-state index in [4.69, 9.17) is 11.6 Å². The summed E-state index contributed by atoms with van der Waals surface area (Å²) in [5, 5.41) is 12.7. The molecule has 0 spiro atoms. The molecule has 0 bridgehead atoms. The van der Waals surface area contributed by atoms with Crippen molar-refractivity contribution in [2.45, 2.75) is 37.9 Å². The van der Waals surface area contributed by atoms with Crippen LogP contribution in [0.5, 0.6) is 0 Å². The number of rotatable bonds is 7. The molecule has 0 aliphatic rings. The van der Waals surface area contributed by atoms with Gasteiger partial charge in [0.15, 0.2) is 11.0 Å². The van der Waals surface area contributed by atoms with Gasteiger partial charge in [0.1, 0.15) is 0 Å². The van der Waals surface area contributed by atoms with Crippen LogP contribution in [0.25, 0.3) is 11.4 Å². The number of nitrogens with one attached hydrogen (secondary N) is 1. The summed E-state index contributed by atoms with van der Waals surface area (Å²) in [6.45, 7) is 10.9. The SMILES string of the molecule is C=CCn1c(SCC(=O)Nc2ccccc2Cl)nnc1-c1ccc(C(C)(C)C)cc1. The Balaban J connectivity index is 1.75. The molecule has 0 atom stereocenters. The first kappa shape index (κ1) is 22.1. The van der Waals surface area contributed by atoms with Gasteiger partial charge in [0.2, 0.25) is 5.91 Å². The zero-order valence-corrected chi connectivity index (χ0v) is 18.9. The predicted molar refractivity (Wildman–Crippen MR) is 125 cm³/mol. The third-order valence-electron chi connectivity index (χ3n) is 4.52. The van der Waals surface area contributed by atoms with E-state index in [9.17, 15) is 4.79 Å². The molecule has 0 radical (unpaired) electrons. The quantitative estimate of drug-likeness (QED) is 0.372. The van der Waals surface area contributed by atoms with E-state index in [1.165, 1.54) is 17.3 Å². The Morgan fingerprint density at radius 2 is 1.87 bits per heavy atom. The number of aromatic nitrogens is 3. The Labute approximate surface area is 186 Å². The van der Waals surface area contributed by atoms with Gasteiger partial charge in [-0.05, 0) is 23.1 Å². The molecule has 1 amide bonds. The lowest BCUT2D eigenvalue weighted by atomic mass is 9.87. The van der Waals surface area contributed by atoms with Crippen molar-refractivity contribution < 1.29 is 4.79 Å². The second kappa shape index (κ2) is 9.49. The second-order valence-corrected chi connectivity index (χ2v) is 9.20. The fraction of sp³-hybridized carbons (Fsp3) is 0.261. The van der Waals surface area contributed by atoms with Crippen LogP contribution in [0.4, 0.5) is 5.69 Å². The van der Waals surface area contributed by atoms with Crippen LogP contribution in [0.1, 0.15) is 26.3 Å². The van der Waals surface area contributed by atoms with Crippen molar-refractivity contribution in [1.82, 2.24) is 14.8 Å². The van der Waals surface area contributed by atoms with Crippen molar-refractivity contribution in [2.75, 3.05) is 11.1 Å². The number of carbonyl (C=O) groups excluding carboxylic acids is 1. The summed E-state index contributed by atoms with van der Waals surface area (Å²) in [7, 11) is 0. The van der Waals surface area contributed by atoms with E-state index in [1.807, 2.05) is 16.7 Å². The third kappa shape index (κ3) is 5.32. The first-order valence-corrected chi connectivity index (χ1v) is 11.0. The van der Waals surface area contributed by atoms with Gasteiger partial charge in [0.05, 0.1) is 16.5 Å². The van der Waals surface area contributed by atoms with Gasteiger partial charge in [0.25, 0.3) is 0 Å². The molecule has 7 heteroatoms. The summed E-state index contributed by atoms with van der Waals surface area (Å²) in [5.74, 6) is 0.797. The summed E-state index contributed by atoms with van der Waals surface area (Å²) in [6.07, 6.45) is 1.80. The van der Waals surface area contributed by atoms with Crippen molar-refractivity contribution in [1.29, 1.82) is 0 Å². The number of anilines is 1. The van der Waals surface area contributed by atoms with Crippen LogP contribution in [-0.4, -0.2) is 26.4 Å². The maximum absolute atomic E-state index is 12.3. The van der Waals surface area contributed by atoms with Crippen LogP contribution < -0.4 is 5.32 Å². The van der Waals surface area contributed by atoms with Crippen molar-refractivity contribution in [3.63, 3.8) is 0 Å². The Morgan fingerprint density at radius 3 is 2.50 bits per heavy atom. The van der Waals surface area contributed by atoms with Crippen LogP contribution in [-0.2, 0) is 16.8 Å². The highest BCUT2D eigenvalue weighted by Gasteiger charge is 2.17. The van der Waals surface area contributed by atoms with Gasteiger partial charge in [0, 0.05) is 12.1 Å². The number of hydrogen-bond donors (Lipinski definition) is 1. The smallest absolute Gasteiger partial charge is 0.234 e. The summed E-state index contributed by atoms with van der Waals surface area (Å²) in [6, 6.07) is 15.5. The Kier molecular flexibility index (Phi) is 7.00. The minimum atomic E-state index is -0.155. The number of carbonyl (C=O) groups is 1. The molecule has 30 heavy (non-hydrogen) atoms. The molecular weight excluding hydrogens is 416 g/mol. The normalized spacial score (nSPS) is 11.3. The lowest BCUT2D eigenvalue weighted by Crippen LogP contribution is -2.15. The molecular formula is C23H25ClN4OS. The maximum Gasteiger partial charge on any atom is 0.234 e. The van der Waals surface area contributed by atoms with Gasteiger partial charge < -0.3 is 5.32 Å². The van der Waals surface area contributed by atoms with E-state index < -0.39 is 0 Å². The summed E-state index contributed by atoms with van der Waals surface area (Å²) < 4.78 is 1.96. The molecule has 0 unspecified atom stereocenters. The molecule has 3 rings (SSSR count). The fourth-order valence-corrected chi connectivity index (χ4v) is 3.83. The Bertz CT molecular complexity index is 1040. The minimum absolute atomic E-state index is 0.0866. The highest BCUT2D eigenvalue weighted by molar-refractivity contribution is 7.99. The van der Waals surface area contributed by atoms with Crippen molar-refractivity contribution >= 4 is 35.0 Å². The van der Waals surface area contributed by atoms with E-state index in [-0.39, 0.29) is 17.1 Å². The molecule has 1 N–H and O–H groups in total. The van der Waals surface area contributed by atoms with E-state index in [0.29, 0.717) is 22.4 Å². The number of hydrogen-bond acceptors (Lipinski definition) is 4. The molecule has 0 aliphatic heterocycles. The average Bonchev–Trinajstić information content (AvgIpc) is 3.10. The lowest BCUT2D eigenvalue weighted by Gasteiger charge is -2.19. The Hall–Kier alpha value is -2.57. The van der Waals surface area contributed by atoms with E-state index in [1.54, 1.807) is 18.2 Å². The molecule has 0 saturated carbocycles. The second-order valence-electron chi connectivity index (χ2n) is 7.85. The van der Waals surface area contributed by atoms with Gasteiger partial charge in [-0.25, -0.2) is 0 Å². The topological polar surface area (TPSA) is 59.8 Å². The Morgan fingerprint density at radius 1 is 1.17 bits per heavy atom. The standard InChI is InChI=1S/C23H25ClN4OS/c1-5-14-28-21(16-10-12-17(13-11-16)23(2,3)4)26-27-22(28)30-15-20(29)25-19-9-7-6-8-18(19)24/h5-13H,1,14-15H2,2-4H3,(H,25,29). The summed E-state index contributed by atoms with van der Waals surface area (Å²) in [5.41, 5.74) is 2.91. The third-order valence-corrected chi connectivity index (χ3v) is 5.81. The van der Waals surface area contributed by atoms with Gasteiger partial charge in [-0.15, -0.1) is 16.8 Å².